The molecule has 2 nitrogen and oxygen atoms in total. The van der Waals surface area contributed by atoms with E-state index in [1.54, 1.807) is 12.1 Å². The summed E-state index contributed by atoms with van der Waals surface area (Å²) < 4.78 is 13.5. The van der Waals surface area contributed by atoms with Crippen molar-refractivity contribution in [2.45, 2.75) is 51.0 Å². The largest absolute Gasteiger partial charge is 0.368 e. The van der Waals surface area contributed by atoms with Crippen molar-refractivity contribution in [2.75, 3.05) is 18.0 Å². The van der Waals surface area contributed by atoms with Gasteiger partial charge in [0.25, 0.3) is 0 Å². The van der Waals surface area contributed by atoms with E-state index in [2.05, 4.69) is 4.90 Å². The fraction of sp³-hybridized carbons (Fsp3) is 0.647. The summed E-state index contributed by atoms with van der Waals surface area (Å²) in [7, 11) is 0. The van der Waals surface area contributed by atoms with E-state index in [0.29, 0.717) is 12.6 Å². The lowest BCUT2D eigenvalue weighted by Crippen LogP contribution is -2.47. The molecule has 110 valence electrons. The summed E-state index contributed by atoms with van der Waals surface area (Å²) in [6.45, 7) is 1.70. The zero-order valence-corrected chi connectivity index (χ0v) is 12.2. The molecule has 2 aliphatic rings. The molecule has 1 aliphatic heterocycles. The normalized spacial score (nSPS) is 26.4. The molecule has 2 N–H and O–H groups in total. The maximum atomic E-state index is 13.5. The van der Waals surface area contributed by atoms with Crippen LogP contribution in [0.3, 0.4) is 0 Å². The number of benzene rings is 1. The first-order valence-corrected chi connectivity index (χ1v) is 8.04. The first-order valence-electron chi connectivity index (χ1n) is 8.04. The Kier molecular flexibility index (Phi) is 4.25. The highest BCUT2D eigenvalue weighted by Gasteiger charge is 2.33. The summed E-state index contributed by atoms with van der Waals surface area (Å²) in [6.07, 6.45) is 8.79. The third kappa shape index (κ3) is 2.69. The number of hydrogen-bond donors (Lipinski definition) is 1. The highest BCUT2D eigenvalue weighted by molar-refractivity contribution is 5.55. The Morgan fingerprint density at radius 3 is 2.80 bits per heavy atom. The van der Waals surface area contributed by atoms with Gasteiger partial charge in [-0.25, -0.2) is 4.39 Å². The number of fused-ring (bicyclic) bond motifs is 1. The minimum Gasteiger partial charge on any atom is -0.368 e. The van der Waals surface area contributed by atoms with Crippen molar-refractivity contribution in [1.82, 2.24) is 0 Å². The first-order chi connectivity index (χ1) is 9.79. The van der Waals surface area contributed by atoms with Crippen molar-refractivity contribution >= 4 is 5.69 Å². The van der Waals surface area contributed by atoms with E-state index >= 15 is 0 Å². The van der Waals surface area contributed by atoms with Crippen LogP contribution < -0.4 is 10.6 Å². The SMILES string of the molecule is NCCc1cc(F)ccc1N1CCCC2CCCCC21. The molecule has 3 heteroatoms. The lowest BCUT2D eigenvalue weighted by atomic mass is 9.78. The van der Waals surface area contributed by atoms with Crippen LogP contribution in [0.1, 0.15) is 44.1 Å². The molecule has 1 aliphatic carbocycles. The van der Waals surface area contributed by atoms with Gasteiger partial charge in [0.05, 0.1) is 0 Å². The minimum absolute atomic E-state index is 0.144. The van der Waals surface area contributed by atoms with Gasteiger partial charge in [-0.3, -0.25) is 0 Å². The third-order valence-electron chi connectivity index (χ3n) is 5.01. The second-order valence-electron chi connectivity index (χ2n) is 6.26. The van der Waals surface area contributed by atoms with Gasteiger partial charge in [0, 0.05) is 18.3 Å². The maximum absolute atomic E-state index is 13.5. The van der Waals surface area contributed by atoms with Crippen molar-refractivity contribution < 1.29 is 4.39 Å². The van der Waals surface area contributed by atoms with Gasteiger partial charge in [-0.1, -0.05) is 12.8 Å². The summed E-state index contributed by atoms with van der Waals surface area (Å²) in [5.41, 5.74) is 8.01. The first kappa shape index (κ1) is 13.9. The standard InChI is InChI=1S/C17H25FN2/c18-15-7-8-17(14(12-15)9-10-19)20-11-3-5-13-4-1-2-6-16(13)20/h7-8,12-13,16H,1-6,9-11,19H2. The van der Waals surface area contributed by atoms with Gasteiger partial charge in [-0.15, -0.1) is 0 Å². The maximum Gasteiger partial charge on any atom is 0.123 e. The molecule has 1 aromatic rings. The Morgan fingerprint density at radius 1 is 1.15 bits per heavy atom. The zero-order valence-electron chi connectivity index (χ0n) is 12.2. The van der Waals surface area contributed by atoms with Crippen LogP contribution in [0, 0.1) is 11.7 Å². The van der Waals surface area contributed by atoms with Crippen molar-refractivity contribution in [3.63, 3.8) is 0 Å². The molecule has 0 amide bonds. The molecule has 0 radical (unpaired) electrons. The topological polar surface area (TPSA) is 29.3 Å². The van der Waals surface area contributed by atoms with Crippen LogP contribution in [0.15, 0.2) is 18.2 Å². The van der Waals surface area contributed by atoms with Crippen LogP contribution in [-0.2, 0) is 6.42 Å². The third-order valence-corrected chi connectivity index (χ3v) is 5.01. The molecule has 3 rings (SSSR count). The molecule has 0 spiro atoms. The lowest BCUT2D eigenvalue weighted by molar-refractivity contribution is 0.243. The van der Waals surface area contributed by atoms with Gasteiger partial charge in [0.1, 0.15) is 5.82 Å². The average Bonchev–Trinajstić information content (AvgIpc) is 2.47. The van der Waals surface area contributed by atoms with Crippen molar-refractivity contribution in [2.24, 2.45) is 11.7 Å². The van der Waals surface area contributed by atoms with Gasteiger partial charge < -0.3 is 10.6 Å². The smallest absolute Gasteiger partial charge is 0.123 e. The predicted molar refractivity (Wildman–Crippen MR) is 81.5 cm³/mol. The van der Waals surface area contributed by atoms with Gasteiger partial charge in [0.15, 0.2) is 0 Å². The molecule has 1 saturated carbocycles. The zero-order chi connectivity index (χ0) is 13.9. The van der Waals surface area contributed by atoms with Gasteiger partial charge in [-0.05, 0) is 68.3 Å². The van der Waals surface area contributed by atoms with Crippen LogP contribution in [0.2, 0.25) is 0 Å². The molecule has 2 unspecified atom stereocenters. The second kappa shape index (κ2) is 6.13. The molecular weight excluding hydrogens is 251 g/mol. The van der Waals surface area contributed by atoms with E-state index in [1.807, 2.05) is 6.07 Å². The number of nitrogens with two attached hydrogens (primary N) is 1. The van der Waals surface area contributed by atoms with Gasteiger partial charge >= 0.3 is 0 Å². The molecule has 1 heterocycles. The van der Waals surface area contributed by atoms with Crippen molar-refractivity contribution in [3.05, 3.63) is 29.6 Å². The van der Waals surface area contributed by atoms with E-state index in [0.717, 1.165) is 24.4 Å². The Balaban J connectivity index is 1.90. The molecule has 20 heavy (non-hydrogen) atoms. The summed E-state index contributed by atoms with van der Waals surface area (Å²) in [5, 5.41) is 0. The fourth-order valence-corrected chi connectivity index (χ4v) is 4.11. The molecule has 0 bridgehead atoms. The molecule has 2 fully saturated rings. The Bertz CT molecular complexity index is 458. The Labute approximate surface area is 121 Å². The van der Waals surface area contributed by atoms with E-state index in [1.165, 1.54) is 44.2 Å². The van der Waals surface area contributed by atoms with Crippen LogP contribution >= 0.6 is 0 Å². The highest BCUT2D eigenvalue weighted by atomic mass is 19.1. The molecule has 0 aromatic heterocycles. The van der Waals surface area contributed by atoms with E-state index < -0.39 is 0 Å². The minimum atomic E-state index is -0.144. The van der Waals surface area contributed by atoms with Gasteiger partial charge in [0.2, 0.25) is 0 Å². The summed E-state index contributed by atoms with van der Waals surface area (Å²) >= 11 is 0. The fourth-order valence-electron chi connectivity index (χ4n) is 4.11. The monoisotopic (exact) mass is 276 g/mol. The summed E-state index contributed by atoms with van der Waals surface area (Å²) in [6, 6.07) is 5.91. The molecule has 2 atom stereocenters. The van der Waals surface area contributed by atoms with Crippen LogP contribution in [0.25, 0.3) is 0 Å². The molecule has 1 saturated heterocycles. The van der Waals surface area contributed by atoms with Gasteiger partial charge in [-0.2, -0.15) is 0 Å². The van der Waals surface area contributed by atoms with Crippen molar-refractivity contribution in [3.8, 4) is 0 Å². The average molecular weight is 276 g/mol. The second-order valence-corrected chi connectivity index (χ2v) is 6.26. The molecular formula is C17H25FN2. The van der Waals surface area contributed by atoms with E-state index in [9.17, 15) is 4.39 Å². The molecule has 1 aromatic carbocycles. The number of piperidine rings is 1. The van der Waals surface area contributed by atoms with E-state index in [-0.39, 0.29) is 5.82 Å². The van der Waals surface area contributed by atoms with Crippen LogP contribution in [0.4, 0.5) is 10.1 Å². The van der Waals surface area contributed by atoms with Crippen LogP contribution in [0.5, 0.6) is 0 Å². The number of hydrogen-bond acceptors (Lipinski definition) is 2. The number of halogens is 1. The Hall–Kier alpha value is -1.09. The number of anilines is 1. The Morgan fingerprint density at radius 2 is 1.95 bits per heavy atom. The summed E-state index contributed by atoms with van der Waals surface area (Å²) in [4.78, 5) is 2.55. The number of nitrogens with zero attached hydrogens (tertiary/aromatic N) is 1. The predicted octanol–water partition coefficient (Wildman–Crippen LogP) is 3.49. The highest BCUT2D eigenvalue weighted by Crippen LogP contribution is 2.38. The summed E-state index contributed by atoms with van der Waals surface area (Å²) in [5.74, 6) is 0.697. The number of rotatable bonds is 3. The van der Waals surface area contributed by atoms with Crippen molar-refractivity contribution in [1.29, 1.82) is 0 Å². The lowest BCUT2D eigenvalue weighted by Gasteiger charge is -2.46. The van der Waals surface area contributed by atoms with Crippen LogP contribution in [-0.4, -0.2) is 19.1 Å². The quantitative estimate of drug-likeness (QED) is 0.915. The van der Waals surface area contributed by atoms with E-state index in [4.69, 9.17) is 5.73 Å².